The van der Waals surface area contributed by atoms with Gasteiger partial charge in [-0.15, -0.1) is 11.3 Å². The van der Waals surface area contributed by atoms with Gasteiger partial charge in [0.25, 0.3) is 5.56 Å². The van der Waals surface area contributed by atoms with Gasteiger partial charge in [0.2, 0.25) is 0 Å². The SMILES string of the molecule is N#Cc1c(-c2cccs2)c2c([nH]c1=O)CCC2. The minimum atomic E-state index is -0.253. The molecule has 0 saturated heterocycles. The van der Waals surface area contributed by atoms with Gasteiger partial charge in [-0.25, -0.2) is 0 Å². The smallest absolute Gasteiger partial charge is 0.266 e. The van der Waals surface area contributed by atoms with Gasteiger partial charge in [0.1, 0.15) is 11.6 Å². The van der Waals surface area contributed by atoms with E-state index in [1.165, 1.54) is 0 Å². The van der Waals surface area contributed by atoms with Crippen LogP contribution in [-0.2, 0) is 12.8 Å². The van der Waals surface area contributed by atoms with Crippen LogP contribution in [0.4, 0.5) is 0 Å². The third-order valence-electron chi connectivity index (χ3n) is 3.14. The van der Waals surface area contributed by atoms with Crippen LogP contribution in [0.15, 0.2) is 22.3 Å². The summed E-state index contributed by atoms with van der Waals surface area (Å²) in [4.78, 5) is 15.7. The van der Waals surface area contributed by atoms with E-state index in [0.717, 1.165) is 41.0 Å². The summed E-state index contributed by atoms with van der Waals surface area (Å²) in [6.45, 7) is 0. The molecule has 2 heterocycles. The van der Waals surface area contributed by atoms with Crippen LogP contribution in [0.25, 0.3) is 10.4 Å². The highest BCUT2D eigenvalue weighted by molar-refractivity contribution is 7.13. The highest BCUT2D eigenvalue weighted by Gasteiger charge is 2.22. The summed E-state index contributed by atoms with van der Waals surface area (Å²) in [7, 11) is 0. The molecule has 1 aliphatic carbocycles. The number of fused-ring (bicyclic) bond motifs is 1. The van der Waals surface area contributed by atoms with Gasteiger partial charge in [-0.3, -0.25) is 4.79 Å². The first-order chi connectivity index (χ1) is 8.31. The Kier molecular flexibility index (Phi) is 2.34. The van der Waals surface area contributed by atoms with Crippen LogP contribution >= 0.6 is 11.3 Å². The van der Waals surface area contributed by atoms with E-state index in [2.05, 4.69) is 4.98 Å². The number of aromatic nitrogens is 1. The highest BCUT2D eigenvalue weighted by atomic mass is 32.1. The van der Waals surface area contributed by atoms with Gasteiger partial charge in [0, 0.05) is 16.1 Å². The number of thiophene rings is 1. The second kappa shape index (κ2) is 3.86. The van der Waals surface area contributed by atoms with Crippen molar-refractivity contribution in [3.05, 3.63) is 44.7 Å². The first-order valence-electron chi connectivity index (χ1n) is 5.53. The summed E-state index contributed by atoms with van der Waals surface area (Å²) in [6, 6.07) is 5.96. The predicted molar refractivity (Wildman–Crippen MR) is 67.1 cm³/mol. The van der Waals surface area contributed by atoms with Crippen molar-refractivity contribution in [2.75, 3.05) is 0 Å². The third kappa shape index (κ3) is 1.51. The van der Waals surface area contributed by atoms with Crippen molar-refractivity contribution in [3.8, 4) is 16.5 Å². The van der Waals surface area contributed by atoms with E-state index in [1.807, 2.05) is 23.6 Å². The molecule has 0 radical (unpaired) electrons. The van der Waals surface area contributed by atoms with Crippen molar-refractivity contribution < 1.29 is 0 Å². The second-order valence-corrected chi connectivity index (χ2v) is 5.05. The van der Waals surface area contributed by atoms with E-state index < -0.39 is 0 Å². The monoisotopic (exact) mass is 242 g/mol. The molecule has 1 N–H and O–H groups in total. The Morgan fingerprint density at radius 2 is 2.29 bits per heavy atom. The van der Waals surface area contributed by atoms with Crippen LogP contribution in [0.5, 0.6) is 0 Å². The number of hydrogen-bond donors (Lipinski definition) is 1. The Labute approximate surface area is 102 Å². The second-order valence-electron chi connectivity index (χ2n) is 4.10. The zero-order valence-electron chi connectivity index (χ0n) is 9.12. The molecule has 0 unspecified atom stereocenters. The minimum Gasteiger partial charge on any atom is -0.325 e. The topological polar surface area (TPSA) is 56.6 Å². The summed E-state index contributed by atoms with van der Waals surface area (Å²) in [5, 5.41) is 11.1. The van der Waals surface area contributed by atoms with Crippen LogP contribution in [0.1, 0.15) is 23.2 Å². The molecule has 0 fully saturated rings. The molecule has 0 amide bonds. The van der Waals surface area contributed by atoms with Crippen LogP contribution in [0.3, 0.4) is 0 Å². The molecule has 0 bridgehead atoms. The Morgan fingerprint density at radius 3 is 3.00 bits per heavy atom. The highest BCUT2D eigenvalue weighted by Crippen LogP contribution is 2.34. The third-order valence-corrected chi connectivity index (χ3v) is 4.03. The lowest BCUT2D eigenvalue weighted by Crippen LogP contribution is -2.15. The average Bonchev–Trinajstić information content (AvgIpc) is 2.97. The first kappa shape index (κ1) is 10.3. The molecule has 0 aliphatic heterocycles. The van der Waals surface area contributed by atoms with E-state index in [4.69, 9.17) is 5.26 Å². The lowest BCUT2D eigenvalue weighted by molar-refractivity contribution is 0.897. The number of aromatic amines is 1. The van der Waals surface area contributed by atoms with Crippen LogP contribution in [0, 0.1) is 11.3 Å². The molecule has 3 nitrogen and oxygen atoms in total. The molecule has 0 atom stereocenters. The molecule has 1 aliphatic rings. The average molecular weight is 242 g/mol. The summed E-state index contributed by atoms with van der Waals surface area (Å²) >= 11 is 1.58. The van der Waals surface area contributed by atoms with Crippen molar-refractivity contribution in [3.63, 3.8) is 0 Å². The van der Waals surface area contributed by atoms with Gasteiger partial charge >= 0.3 is 0 Å². The molecular formula is C13H10N2OS. The number of hydrogen-bond acceptors (Lipinski definition) is 3. The van der Waals surface area contributed by atoms with Crippen LogP contribution in [0.2, 0.25) is 0 Å². The molecular weight excluding hydrogens is 232 g/mol. The van der Waals surface area contributed by atoms with Crippen LogP contribution in [-0.4, -0.2) is 4.98 Å². The summed E-state index contributed by atoms with van der Waals surface area (Å²) in [6.07, 6.45) is 2.92. The Balaban J connectivity index is 2.40. The van der Waals surface area contributed by atoms with E-state index >= 15 is 0 Å². The van der Waals surface area contributed by atoms with Gasteiger partial charge in [0.15, 0.2) is 0 Å². The Morgan fingerprint density at radius 1 is 1.41 bits per heavy atom. The van der Waals surface area contributed by atoms with Crippen molar-refractivity contribution >= 4 is 11.3 Å². The number of nitrogens with zero attached hydrogens (tertiary/aromatic N) is 1. The largest absolute Gasteiger partial charge is 0.325 e. The van der Waals surface area contributed by atoms with E-state index in [0.29, 0.717) is 0 Å². The van der Waals surface area contributed by atoms with Gasteiger partial charge in [-0.05, 0) is 36.3 Å². The van der Waals surface area contributed by atoms with Crippen molar-refractivity contribution in [2.24, 2.45) is 0 Å². The maximum atomic E-state index is 11.9. The molecule has 2 aromatic rings. The fourth-order valence-electron chi connectivity index (χ4n) is 2.42. The summed E-state index contributed by atoms with van der Waals surface area (Å²) in [5.74, 6) is 0. The Bertz CT molecular complexity index is 662. The van der Waals surface area contributed by atoms with Gasteiger partial charge in [-0.1, -0.05) is 6.07 Å². The molecule has 2 aromatic heterocycles. The fraction of sp³-hybridized carbons (Fsp3) is 0.231. The molecule has 0 saturated carbocycles. The zero-order chi connectivity index (χ0) is 11.8. The lowest BCUT2D eigenvalue weighted by atomic mass is 10.0. The van der Waals surface area contributed by atoms with E-state index in [1.54, 1.807) is 11.3 Å². The zero-order valence-corrected chi connectivity index (χ0v) is 9.93. The quantitative estimate of drug-likeness (QED) is 0.835. The molecule has 0 spiro atoms. The molecule has 84 valence electrons. The maximum Gasteiger partial charge on any atom is 0.266 e. The van der Waals surface area contributed by atoms with Crippen LogP contribution < -0.4 is 5.56 Å². The first-order valence-corrected chi connectivity index (χ1v) is 6.41. The normalized spacial score (nSPS) is 13.4. The number of nitrogens with one attached hydrogen (secondary N) is 1. The number of pyridine rings is 1. The molecule has 4 heteroatoms. The van der Waals surface area contributed by atoms with E-state index in [9.17, 15) is 4.79 Å². The number of aryl methyl sites for hydroxylation is 1. The predicted octanol–water partition coefficient (Wildman–Crippen LogP) is 2.46. The fourth-order valence-corrected chi connectivity index (χ4v) is 3.22. The van der Waals surface area contributed by atoms with Crippen molar-refractivity contribution in [1.29, 1.82) is 5.26 Å². The van der Waals surface area contributed by atoms with Gasteiger partial charge in [-0.2, -0.15) is 5.26 Å². The standard InChI is InChI=1S/C13H10N2OS/c14-7-9-12(11-5-2-6-17-11)8-3-1-4-10(8)15-13(9)16/h2,5-6H,1,3-4H2,(H,15,16). The van der Waals surface area contributed by atoms with E-state index in [-0.39, 0.29) is 11.1 Å². The molecule has 0 aromatic carbocycles. The number of rotatable bonds is 1. The minimum absolute atomic E-state index is 0.253. The van der Waals surface area contributed by atoms with Gasteiger partial charge < -0.3 is 4.98 Å². The summed E-state index contributed by atoms with van der Waals surface area (Å²) < 4.78 is 0. The Hall–Kier alpha value is -1.86. The molecule has 17 heavy (non-hydrogen) atoms. The van der Waals surface area contributed by atoms with Gasteiger partial charge in [0.05, 0.1) is 0 Å². The van der Waals surface area contributed by atoms with Crippen molar-refractivity contribution in [1.82, 2.24) is 4.98 Å². The maximum absolute atomic E-state index is 11.9. The summed E-state index contributed by atoms with van der Waals surface area (Å²) in [5.41, 5.74) is 3.03. The molecule has 3 rings (SSSR count). The number of H-pyrrole nitrogens is 1. The number of nitriles is 1. The van der Waals surface area contributed by atoms with Crippen molar-refractivity contribution in [2.45, 2.75) is 19.3 Å². The lowest BCUT2D eigenvalue weighted by Gasteiger charge is -2.08.